The van der Waals surface area contributed by atoms with E-state index in [0.29, 0.717) is 19.4 Å². The van der Waals surface area contributed by atoms with Crippen LogP contribution in [-0.2, 0) is 9.16 Å². The Labute approximate surface area is 172 Å². The predicted octanol–water partition coefficient (Wildman–Crippen LogP) is 4.75. The first-order valence-corrected chi connectivity index (χ1v) is 13.0. The second kappa shape index (κ2) is 9.77. The summed E-state index contributed by atoms with van der Waals surface area (Å²) in [6.07, 6.45) is 3.29. The van der Waals surface area contributed by atoms with Gasteiger partial charge in [0.15, 0.2) is 8.32 Å². The van der Waals surface area contributed by atoms with E-state index < -0.39 is 13.9 Å². The molecule has 28 heavy (non-hydrogen) atoms. The molecule has 1 aliphatic rings. The highest BCUT2D eigenvalue weighted by molar-refractivity contribution is 6.74. The van der Waals surface area contributed by atoms with Gasteiger partial charge < -0.3 is 14.3 Å². The van der Waals surface area contributed by atoms with E-state index >= 15 is 0 Å². The predicted molar refractivity (Wildman–Crippen MR) is 117 cm³/mol. The summed E-state index contributed by atoms with van der Waals surface area (Å²) in [7, 11) is -1.76. The van der Waals surface area contributed by atoms with Crippen LogP contribution < -0.4 is 0 Å². The third kappa shape index (κ3) is 7.11. The summed E-state index contributed by atoms with van der Waals surface area (Å²) in [5.41, 5.74) is 0.0648. The zero-order chi connectivity index (χ0) is 20.7. The maximum Gasteiger partial charge on any atom is 0.192 e. The van der Waals surface area contributed by atoms with Gasteiger partial charge in [0.2, 0.25) is 0 Å². The fraction of sp³-hybridized carbons (Fsp3) is 0.583. The molecule has 0 spiro atoms. The van der Waals surface area contributed by atoms with Gasteiger partial charge in [-0.25, -0.2) is 0 Å². The molecule has 0 aliphatic heterocycles. The van der Waals surface area contributed by atoms with Crippen LogP contribution in [0.2, 0.25) is 18.1 Å². The number of rotatable bonds is 4. The Morgan fingerprint density at radius 2 is 1.68 bits per heavy atom. The normalized spacial score (nSPS) is 22.6. The molecule has 2 rings (SSSR count). The summed E-state index contributed by atoms with van der Waals surface area (Å²) < 4.78 is 11.9. The van der Waals surface area contributed by atoms with Crippen LogP contribution in [0.1, 0.15) is 52.0 Å². The van der Waals surface area contributed by atoms with E-state index in [2.05, 4.69) is 57.5 Å². The molecule has 3 nitrogen and oxygen atoms in total. The molecule has 152 valence electrons. The van der Waals surface area contributed by atoms with Crippen molar-refractivity contribution < 1.29 is 14.3 Å². The molecule has 0 radical (unpaired) electrons. The highest BCUT2D eigenvalue weighted by Gasteiger charge is 2.41. The van der Waals surface area contributed by atoms with Gasteiger partial charge in [0.25, 0.3) is 0 Å². The lowest BCUT2D eigenvalue weighted by atomic mass is 9.84. The smallest absolute Gasteiger partial charge is 0.192 e. The molecule has 0 heterocycles. The molecule has 1 aliphatic carbocycles. The van der Waals surface area contributed by atoms with Crippen molar-refractivity contribution in [3.63, 3.8) is 0 Å². The van der Waals surface area contributed by atoms with E-state index in [-0.39, 0.29) is 17.7 Å². The van der Waals surface area contributed by atoms with E-state index in [1.807, 2.05) is 30.3 Å². The first-order chi connectivity index (χ1) is 13.1. The number of benzene rings is 1. The zero-order valence-corrected chi connectivity index (χ0v) is 19.0. The second-order valence-corrected chi connectivity index (χ2v) is 13.8. The van der Waals surface area contributed by atoms with Crippen LogP contribution in [0.4, 0.5) is 0 Å². The SMILES string of the molecule is CC(C)(C)[Si](C)(C)OC1CCC(O)(C#CCOCC#Cc2ccccc2)CC1. The zero-order valence-electron chi connectivity index (χ0n) is 18.0. The van der Waals surface area contributed by atoms with Crippen LogP contribution in [0.25, 0.3) is 0 Å². The van der Waals surface area contributed by atoms with E-state index in [1.54, 1.807) is 0 Å². The largest absolute Gasteiger partial charge is 0.414 e. The van der Waals surface area contributed by atoms with Crippen LogP contribution in [0.3, 0.4) is 0 Å². The van der Waals surface area contributed by atoms with Gasteiger partial charge in [0.1, 0.15) is 18.8 Å². The van der Waals surface area contributed by atoms with Crippen molar-refractivity contribution in [2.45, 2.75) is 76.3 Å². The summed E-state index contributed by atoms with van der Waals surface area (Å²) in [5, 5.41) is 10.9. The molecule has 0 unspecified atom stereocenters. The first-order valence-electron chi connectivity index (χ1n) is 10.1. The molecule has 1 N–H and O–H groups in total. The monoisotopic (exact) mass is 398 g/mol. The number of hydrogen-bond donors (Lipinski definition) is 1. The van der Waals surface area contributed by atoms with Crippen LogP contribution >= 0.6 is 0 Å². The van der Waals surface area contributed by atoms with Crippen LogP contribution in [0.5, 0.6) is 0 Å². The van der Waals surface area contributed by atoms with E-state index in [4.69, 9.17) is 9.16 Å². The first kappa shape index (κ1) is 22.7. The minimum Gasteiger partial charge on any atom is -0.414 e. The van der Waals surface area contributed by atoms with Crippen molar-refractivity contribution in [1.82, 2.24) is 0 Å². The molecular weight excluding hydrogens is 364 g/mol. The molecule has 4 heteroatoms. The molecular formula is C24H34O3Si. The van der Waals surface area contributed by atoms with Crippen LogP contribution in [-0.4, -0.2) is 38.3 Å². The van der Waals surface area contributed by atoms with Crippen LogP contribution in [0.15, 0.2) is 30.3 Å². The molecule has 0 atom stereocenters. The summed E-state index contributed by atoms with van der Waals surface area (Å²) >= 11 is 0. The third-order valence-electron chi connectivity index (χ3n) is 5.70. The van der Waals surface area contributed by atoms with E-state index in [9.17, 15) is 5.11 Å². The second-order valence-electron chi connectivity index (χ2n) is 9.07. The van der Waals surface area contributed by atoms with Crippen molar-refractivity contribution in [1.29, 1.82) is 0 Å². The van der Waals surface area contributed by atoms with Gasteiger partial charge in [-0.3, -0.25) is 0 Å². The van der Waals surface area contributed by atoms with Crippen molar-refractivity contribution in [3.8, 4) is 23.7 Å². The Balaban J connectivity index is 1.72. The van der Waals surface area contributed by atoms with Gasteiger partial charge in [-0.05, 0) is 55.9 Å². The third-order valence-corrected chi connectivity index (χ3v) is 10.2. The lowest BCUT2D eigenvalue weighted by Gasteiger charge is -2.42. The van der Waals surface area contributed by atoms with Gasteiger partial charge in [0, 0.05) is 11.7 Å². The van der Waals surface area contributed by atoms with Crippen molar-refractivity contribution in [3.05, 3.63) is 35.9 Å². The lowest BCUT2D eigenvalue weighted by molar-refractivity contribution is 0.0144. The summed E-state index contributed by atoms with van der Waals surface area (Å²) in [6.45, 7) is 12.0. The molecule has 0 saturated heterocycles. The molecule has 1 fully saturated rings. The van der Waals surface area contributed by atoms with E-state index in [1.165, 1.54) is 0 Å². The van der Waals surface area contributed by atoms with Crippen molar-refractivity contribution >= 4 is 8.32 Å². The number of ether oxygens (including phenoxy) is 1. The van der Waals surface area contributed by atoms with Gasteiger partial charge >= 0.3 is 0 Å². The van der Waals surface area contributed by atoms with Crippen LogP contribution in [0, 0.1) is 23.7 Å². The van der Waals surface area contributed by atoms with Gasteiger partial charge in [-0.1, -0.05) is 62.7 Å². The minimum absolute atomic E-state index is 0.210. The topological polar surface area (TPSA) is 38.7 Å². The Hall–Kier alpha value is -1.56. The highest BCUT2D eigenvalue weighted by Crippen LogP contribution is 2.40. The summed E-state index contributed by atoms with van der Waals surface area (Å²) in [5.74, 6) is 12.0. The molecule has 1 aromatic carbocycles. The fourth-order valence-corrected chi connectivity index (χ4v) is 4.34. The van der Waals surface area contributed by atoms with Crippen molar-refractivity contribution in [2.75, 3.05) is 13.2 Å². The minimum atomic E-state index is -1.76. The summed E-state index contributed by atoms with van der Waals surface area (Å²) in [4.78, 5) is 0. The van der Waals surface area contributed by atoms with E-state index in [0.717, 1.165) is 18.4 Å². The molecule has 1 aromatic rings. The molecule has 0 aromatic heterocycles. The maximum absolute atomic E-state index is 10.7. The average Bonchev–Trinajstić information content (AvgIpc) is 2.63. The Kier molecular flexibility index (Phi) is 7.93. The molecule has 1 saturated carbocycles. The standard InChI is InChI=1S/C24H34O3Si/c1-23(2,3)28(4,5)27-22-14-17-24(25,18-15-22)16-10-20-26-19-9-13-21-11-7-6-8-12-21/h6-8,11-12,22,25H,14-15,17-20H2,1-5H3. The number of hydrogen-bond acceptors (Lipinski definition) is 3. The highest BCUT2D eigenvalue weighted by atomic mass is 28.4. The molecule has 0 bridgehead atoms. The number of aliphatic hydroxyl groups is 1. The van der Waals surface area contributed by atoms with Gasteiger partial charge in [-0.15, -0.1) is 0 Å². The Morgan fingerprint density at radius 1 is 1.07 bits per heavy atom. The van der Waals surface area contributed by atoms with Gasteiger partial charge in [-0.2, -0.15) is 0 Å². The Bertz CT molecular complexity index is 733. The quantitative estimate of drug-likeness (QED) is 0.452. The Morgan fingerprint density at radius 3 is 2.29 bits per heavy atom. The summed E-state index contributed by atoms with van der Waals surface area (Å²) in [6, 6.07) is 9.82. The maximum atomic E-state index is 10.7. The van der Waals surface area contributed by atoms with Crippen molar-refractivity contribution in [2.24, 2.45) is 0 Å². The van der Waals surface area contributed by atoms with Gasteiger partial charge in [0.05, 0.1) is 0 Å². The molecule has 0 amide bonds. The average molecular weight is 399 g/mol. The lowest BCUT2D eigenvalue weighted by Crippen LogP contribution is -2.46. The fourth-order valence-electron chi connectivity index (χ4n) is 2.92.